The van der Waals surface area contributed by atoms with Crippen LogP contribution in [0.5, 0.6) is 11.5 Å². The fraction of sp³-hybridized carbons (Fsp3) is 0.462. The highest BCUT2D eigenvalue weighted by Crippen LogP contribution is 2.30. The maximum Gasteiger partial charge on any atom is 0.252 e. The zero-order chi connectivity index (χ0) is 24.7. The van der Waals surface area contributed by atoms with E-state index in [1.165, 1.54) is 14.2 Å². The molecule has 2 aromatic carbocycles. The molecule has 2 atom stereocenters. The Kier molecular flexibility index (Phi) is 9.19. The van der Waals surface area contributed by atoms with Crippen LogP contribution in [0.1, 0.15) is 48.7 Å². The first kappa shape index (κ1) is 25.8. The summed E-state index contributed by atoms with van der Waals surface area (Å²) in [5.74, 6) is 0.302. The highest BCUT2D eigenvalue weighted by molar-refractivity contribution is 6.31. The number of carbonyl (C=O) groups excluding carboxylic acids is 2. The van der Waals surface area contributed by atoms with Gasteiger partial charge in [-0.05, 0) is 55.6 Å². The van der Waals surface area contributed by atoms with Gasteiger partial charge in [-0.2, -0.15) is 0 Å². The maximum absolute atomic E-state index is 13.2. The quantitative estimate of drug-likeness (QED) is 0.528. The van der Waals surface area contributed by atoms with Crippen molar-refractivity contribution in [3.8, 4) is 11.5 Å². The molecule has 1 aliphatic rings. The molecule has 7 nitrogen and oxygen atoms in total. The number of amides is 2. The van der Waals surface area contributed by atoms with Crippen molar-refractivity contribution in [1.82, 2.24) is 15.5 Å². The number of nitrogens with zero attached hydrogens (tertiary/aromatic N) is 1. The number of likely N-dealkylation sites (tertiary alicyclic amines) is 1. The molecular weight excluding hydrogens is 454 g/mol. The predicted molar refractivity (Wildman–Crippen MR) is 134 cm³/mol. The molecule has 34 heavy (non-hydrogen) atoms. The molecule has 1 saturated heterocycles. The van der Waals surface area contributed by atoms with Gasteiger partial charge >= 0.3 is 0 Å². The summed E-state index contributed by atoms with van der Waals surface area (Å²) in [7, 11) is 3.05. The minimum Gasteiger partial charge on any atom is -0.497 e. The van der Waals surface area contributed by atoms with Gasteiger partial charge in [0.05, 0.1) is 20.3 Å². The van der Waals surface area contributed by atoms with Crippen molar-refractivity contribution in [2.45, 2.75) is 38.8 Å². The molecule has 184 valence electrons. The Balaban J connectivity index is 1.73. The number of hydrogen-bond donors (Lipinski definition) is 2. The van der Waals surface area contributed by atoms with Gasteiger partial charge in [-0.3, -0.25) is 14.5 Å². The maximum atomic E-state index is 13.2. The van der Waals surface area contributed by atoms with Crippen LogP contribution in [0.2, 0.25) is 5.02 Å². The molecule has 2 amide bonds. The van der Waals surface area contributed by atoms with E-state index >= 15 is 0 Å². The number of methoxy groups -OCH3 is 2. The lowest BCUT2D eigenvalue weighted by Crippen LogP contribution is -2.51. The molecule has 0 bridgehead atoms. The summed E-state index contributed by atoms with van der Waals surface area (Å²) in [6.07, 6.45) is 2.26. The van der Waals surface area contributed by atoms with Crippen LogP contribution in [-0.2, 0) is 4.79 Å². The van der Waals surface area contributed by atoms with Crippen molar-refractivity contribution in [2.75, 3.05) is 33.9 Å². The third kappa shape index (κ3) is 6.42. The molecule has 0 radical (unpaired) electrons. The van der Waals surface area contributed by atoms with Crippen molar-refractivity contribution < 1.29 is 19.1 Å². The average molecular weight is 488 g/mol. The van der Waals surface area contributed by atoms with Crippen molar-refractivity contribution in [3.05, 3.63) is 58.6 Å². The molecule has 0 spiro atoms. The van der Waals surface area contributed by atoms with E-state index in [0.717, 1.165) is 31.5 Å². The summed E-state index contributed by atoms with van der Waals surface area (Å²) in [4.78, 5) is 28.5. The first-order valence-electron chi connectivity index (χ1n) is 11.6. The van der Waals surface area contributed by atoms with Crippen LogP contribution in [0.3, 0.4) is 0 Å². The van der Waals surface area contributed by atoms with Crippen molar-refractivity contribution in [3.63, 3.8) is 0 Å². The Morgan fingerprint density at radius 1 is 1.03 bits per heavy atom. The summed E-state index contributed by atoms with van der Waals surface area (Å²) in [6.45, 7) is 6.15. The van der Waals surface area contributed by atoms with E-state index < -0.39 is 6.04 Å². The molecule has 1 aliphatic heterocycles. The first-order valence-corrected chi connectivity index (χ1v) is 12.0. The molecule has 1 heterocycles. The summed E-state index contributed by atoms with van der Waals surface area (Å²) in [5.41, 5.74) is 1.36. The summed E-state index contributed by atoms with van der Waals surface area (Å²) in [5, 5.41) is 6.63. The van der Waals surface area contributed by atoms with Gasteiger partial charge in [0.2, 0.25) is 5.91 Å². The lowest BCUT2D eigenvalue weighted by atomic mass is 10.0. The van der Waals surface area contributed by atoms with Gasteiger partial charge in [-0.1, -0.05) is 43.6 Å². The van der Waals surface area contributed by atoms with E-state index in [1.54, 1.807) is 18.2 Å². The van der Waals surface area contributed by atoms with Gasteiger partial charge < -0.3 is 20.1 Å². The highest BCUT2D eigenvalue weighted by Gasteiger charge is 2.29. The molecule has 1 fully saturated rings. The highest BCUT2D eigenvalue weighted by atomic mass is 35.5. The van der Waals surface area contributed by atoms with E-state index in [0.29, 0.717) is 28.6 Å². The summed E-state index contributed by atoms with van der Waals surface area (Å²) in [6, 6.07) is 12.0. The Bertz CT molecular complexity index is 970. The third-order valence-electron chi connectivity index (χ3n) is 6.16. The van der Waals surface area contributed by atoms with E-state index in [2.05, 4.69) is 15.5 Å². The van der Waals surface area contributed by atoms with E-state index in [1.807, 2.05) is 38.1 Å². The van der Waals surface area contributed by atoms with Gasteiger partial charge in [0.25, 0.3) is 5.91 Å². The number of benzene rings is 2. The number of halogens is 1. The number of ether oxygens (including phenoxy) is 2. The minimum atomic E-state index is -0.699. The van der Waals surface area contributed by atoms with Crippen LogP contribution < -0.4 is 20.1 Å². The third-order valence-corrected chi connectivity index (χ3v) is 6.51. The smallest absolute Gasteiger partial charge is 0.252 e. The number of rotatable bonds is 10. The van der Waals surface area contributed by atoms with E-state index in [9.17, 15) is 9.59 Å². The Labute approximate surface area is 206 Å². The fourth-order valence-corrected chi connectivity index (χ4v) is 4.50. The second-order valence-electron chi connectivity index (χ2n) is 8.82. The number of carbonyl (C=O) groups is 2. The van der Waals surface area contributed by atoms with Gasteiger partial charge in [0.1, 0.15) is 17.5 Å². The average Bonchev–Trinajstić information content (AvgIpc) is 3.37. The van der Waals surface area contributed by atoms with Crippen molar-refractivity contribution >= 4 is 23.4 Å². The second kappa shape index (κ2) is 12.1. The second-order valence-corrected chi connectivity index (χ2v) is 9.23. The number of hydrogen-bond acceptors (Lipinski definition) is 5. The molecule has 0 unspecified atom stereocenters. The number of nitrogens with one attached hydrogen (secondary N) is 2. The van der Waals surface area contributed by atoms with Crippen LogP contribution in [0, 0.1) is 5.92 Å². The molecule has 0 saturated carbocycles. The van der Waals surface area contributed by atoms with Gasteiger partial charge in [0.15, 0.2) is 0 Å². The first-order chi connectivity index (χ1) is 16.3. The molecule has 8 heteroatoms. The van der Waals surface area contributed by atoms with Crippen molar-refractivity contribution in [1.29, 1.82) is 0 Å². The lowest BCUT2D eigenvalue weighted by molar-refractivity contribution is -0.124. The van der Waals surface area contributed by atoms with Crippen molar-refractivity contribution in [2.24, 2.45) is 5.92 Å². The predicted octanol–water partition coefficient (Wildman–Crippen LogP) is 4.06. The monoisotopic (exact) mass is 487 g/mol. The largest absolute Gasteiger partial charge is 0.497 e. The van der Waals surface area contributed by atoms with Crippen LogP contribution in [0.25, 0.3) is 0 Å². The van der Waals surface area contributed by atoms with Gasteiger partial charge in [-0.15, -0.1) is 0 Å². The molecule has 0 aromatic heterocycles. The fourth-order valence-electron chi connectivity index (χ4n) is 4.24. The summed E-state index contributed by atoms with van der Waals surface area (Å²) < 4.78 is 10.5. The standard InChI is InChI=1S/C26H34ClN3O4/c1-17(2)24(29-25(31)18-13-19(33-3)15-20(14-18)34-4)26(32)28-16-23(30-11-7-8-12-30)21-9-5-6-10-22(21)27/h5-6,9-10,13-15,17,23-24H,7-8,11-12,16H2,1-4H3,(H,28,32)(H,29,31)/t23-,24-/m1/s1. The topological polar surface area (TPSA) is 79.9 Å². The Hall–Kier alpha value is -2.77. The summed E-state index contributed by atoms with van der Waals surface area (Å²) >= 11 is 6.49. The van der Waals surface area contributed by atoms with Gasteiger partial charge in [-0.25, -0.2) is 0 Å². The normalized spacial score (nSPS) is 15.6. The van der Waals surface area contributed by atoms with Crippen LogP contribution in [0.4, 0.5) is 0 Å². The zero-order valence-corrected chi connectivity index (χ0v) is 21.0. The van der Waals surface area contributed by atoms with Gasteiger partial charge in [0, 0.05) is 23.2 Å². The van der Waals surface area contributed by atoms with Crippen LogP contribution in [-0.4, -0.2) is 56.6 Å². The molecule has 0 aliphatic carbocycles. The SMILES string of the molecule is COc1cc(OC)cc(C(=O)N[C@@H](C(=O)NC[C@H](c2ccccc2Cl)N2CCCC2)C(C)C)c1. The minimum absolute atomic E-state index is 0.0219. The van der Waals surface area contributed by atoms with E-state index in [4.69, 9.17) is 21.1 Å². The zero-order valence-electron chi connectivity index (χ0n) is 20.3. The Morgan fingerprint density at radius 3 is 2.21 bits per heavy atom. The molecule has 2 aromatic rings. The molecule has 3 rings (SSSR count). The molecular formula is C26H34ClN3O4. The lowest BCUT2D eigenvalue weighted by Gasteiger charge is -2.30. The molecule has 2 N–H and O–H groups in total. The van der Waals surface area contributed by atoms with Crippen LogP contribution in [0.15, 0.2) is 42.5 Å². The van der Waals surface area contributed by atoms with Crippen LogP contribution >= 0.6 is 11.6 Å². The van der Waals surface area contributed by atoms with E-state index in [-0.39, 0.29) is 23.8 Å². The Morgan fingerprint density at radius 2 is 1.65 bits per heavy atom.